The molecule has 1 unspecified atom stereocenters. The van der Waals surface area contributed by atoms with Gasteiger partial charge in [-0.15, -0.1) is 12.4 Å². The molecule has 0 spiro atoms. The fourth-order valence-electron chi connectivity index (χ4n) is 3.52. The van der Waals surface area contributed by atoms with Gasteiger partial charge in [0.05, 0.1) is 6.10 Å². The number of hydrogen-bond donors (Lipinski definition) is 4. The van der Waals surface area contributed by atoms with Crippen LogP contribution in [0.3, 0.4) is 0 Å². The minimum atomic E-state index is -0.962. The van der Waals surface area contributed by atoms with E-state index in [2.05, 4.69) is 5.32 Å². The fraction of sp³-hybridized carbons (Fsp3) is 0.364. The second-order valence-electron chi connectivity index (χ2n) is 7.19. The van der Waals surface area contributed by atoms with Crippen LogP contribution in [-0.2, 0) is 11.2 Å². The minimum absolute atomic E-state index is 0. The number of halogens is 1. The van der Waals surface area contributed by atoms with Crippen molar-refractivity contribution in [1.29, 1.82) is 5.41 Å². The lowest BCUT2D eigenvalue weighted by Gasteiger charge is -2.20. The van der Waals surface area contributed by atoms with Crippen LogP contribution in [0.2, 0.25) is 0 Å². The first-order valence-corrected chi connectivity index (χ1v) is 9.70. The van der Waals surface area contributed by atoms with Crippen molar-refractivity contribution in [3.63, 3.8) is 0 Å². The molecule has 0 amide bonds. The van der Waals surface area contributed by atoms with Crippen molar-refractivity contribution in [1.82, 2.24) is 0 Å². The van der Waals surface area contributed by atoms with Crippen LogP contribution in [0.1, 0.15) is 55.3 Å². The van der Waals surface area contributed by atoms with E-state index in [-0.39, 0.29) is 24.3 Å². The van der Waals surface area contributed by atoms with Gasteiger partial charge in [-0.1, -0.05) is 13.0 Å². The van der Waals surface area contributed by atoms with E-state index in [0.29, 0.717) is 16.8 Å². The Balaban J connectivity index is 0.00000300. The molecule has 0 heterocycles. The van der Waals surface area contributed by atoms with E-state index in [0.717, 1.165) is 30.6 Å². The molecule has 0 bridgehead atoms. The average molecular weight is 418 g/mol. The Hall–Kier alpha value is -2.73. The first-order chi connectivity index (χ1) is 13.5. The summed E-state index contributed by atoms with van der Waals surface area (Å²) in [4.78, 5) is 12.0. The molecule has 0 aromatic heterocycles. The quantitative estimate of drug-likeness (QED) is 0.373. The van der Waals surface area contributed by atoms with Crippen LogP contribution >= 0.6 is 12.4 Å². The maximum absolute atomic E-state index is 12.0. The largest absolute Gasteiger partial charge is 0.490 e. The number of aliphatic carboxylic acids is 1. The molecule has 6 nitrogen and oxygen atoms in total. The number of benzene rings is 2. The van der Waals surface area contributed by atoms with E-state index in [1.807, 2.05) is 25.1 Å². The average Bonchev–Trinajstić information content (AvgIpc) is 3.18. The molecule has 1 saturated carbocycles. The highest BCUT2D eigenvalue weighted by molar-refractivity contribution is 5.95. The van der Waals surface area contributed by atoms with Crippen LogP contribution in [0, 0.1) is 5.41 Å². The molecule has 1 aliphatic rings. The van der Waals surface area contributed by atoms with Gasteiger partial charge >= 0.3 is 5.97 Å². The monoisotopic (exact) mass is 417 g/mol. The third kappa shape index (κ3) is 5.87. The zero-order valence-corrected chi connectivity index (χ0v) is 17.3. The number of nitrogen functional groups attached to an aromatic ring is 1. The van der Waals surface area contributed by atoms with Crippen molar-refractivity contribution in [3.8, 4) is 5.75 Å². The van der Waals surface area contributed by atoms with Crippen molar-refractivity contribution in [3.05, 3.63) is 59.2 Å². The zero-order chi connectivity index (χ0) is 20.1. The Morgan fingerprint density at radius 3 is 2.45 bits per heavy atom. The molecule has 156 valence electrons. The molecule has 1 aliphatic carbocycles. The number of carbonyl (C=O) groups is 1. The first kappa shape index (κ1) is 22.6. The predicted molar refractivity (Wildman–Crippen MR) is 117 cm³/mol. The Kier molecular flexibility index (Phi) is 7.91. The lowest BCUT2D eigenvalue weighted by atomic mass is 10.0. The van der Waals surface area contributed by atoms with Crippen LogP contribution in [0.5, 0.6) is 5.75 Å². The van der Waals surface area contributed by atoms with E-state index in [9.17, 15) is 9.90 Å². The highest BCUT2D eigenvalue weighted by atomic mass is 35.5. The number of hydrogen-bond acceptors (Lipinski definition) is 4. The highest BCUT2D eigenvalue weighted by Gasteiger charge is 2.22. The van der Waals surface area contributed by atoms with Gasteiger partial charge in [-0.3, -0.25) is 5.41 Å². The normalized spacial score (nSPS) is 14.7. The second kappa shape index (κ2) is 10.2. The molecule has 5 N–H and O–H groups in total. The Morgan fingerprint density at radius 2 is 1.90 bits per heavy atom. The smallest absolute Gasteiger partial charge is 0.330 e. The molecule has 7 heteroatoms. The SMILES string of the molecule is CCc1cc(OC2CCCC2)cc(C(Nc2ccc(C(=N)N)cc2)C(=O)O)c1.Cl. The fourth-order valence-corrected chi connectivity index (χ4v) is 3.52. The van der Waals surface area contributed by atoms with Gasteiger partial charge in [-0.2, -0.15) is 0 Å². The lowest BCUT2D eigenvalue weighted by Crippen LogP contribution is -2.21. The first-order valence-electron chi connectivity index (χ1n) is 9.70. The predicted octanol–water partition coefficient (Wildman–Crippen LogP) is 4.51. The van der Waals surface area contributed by atoms with Gasteiger partial charge in [0.2, 0.25) is 0 Å². The highest BCUT2D eigenvalue weighted by Crippen LogP contribution is 2.29. The number of ether oxygens (including phenoxy) is 1. The standard InChI is InChI=1S/C22H27N3O3.ClH/c1-2-14-11-16(13-19(12-14)28-18-5-3-4-6-18)20(22(26)27)25-17-9-7-15(8-10-17)21(23)24;/h7-13,18,20,25H,2-6H2,1H3,(H3,23,24)(H,26,27);1H. The summed E-state index contributed by atoms with van der Waals surface area (Å²) in [6, 6.07) is 11.7. The third-order valence-corrected chi connectivity index (χ3v) is 5.09. The number of carboxylic acid groups (broad SMARTS) is 1. The Labute approximate surface area is 177 Å². The summed E-state index contributed by atoms with van der Waals surface area (Å²) in [5.74, 6) is -0.248. The third-order valence-electron chi connectivity index (χ3n) is 5.09. The van der Waals surface area contributed by atoms with Crippen molar-refractivity contribution in [2.24, 2.45) is 5.73 Å². The maximum Gasteiger partial charge on any atom is 0.330 e. The van der Waals surface area contributed by atoms with Gasteiger partial charge in [-0.05, 0) is 79.6 Å². The minimum Gasteiger partial charge on any atom is -0.490 e. The second-order valence-corrected chi connectivity index (χ2v) is 7.19. The molecular weight excluding hydrogens is 390 g/mol. The molecule has 0 aliphatic heterocycles. The summed E-state index contributed by atoms with van der Waals surface area (Å²) in [5.41, 5.74) is 8.43. The molecule has 1 fully saturated rings. The van der Waals surface area contributed by atoms with Gasteiger partial charge in [0.25, 0.3) is 0 Å². The number of anilines is 1. The Bertz CT molecular complexity index is 849. The van der Waals surface area contributed by atoms with Gasteiger partial charge in [-0.25, -0.2) is 4.79 Å². The van der Waals surface area contributed by atoms with Crippen LogP contribution in [0.4, 0.5) is 5.69 Å². The molecule has 2 aromatic carbocycles. The topological polar surface area (TPSA) is 108 Å². The van der Waals surface area contributed by atoms with Crippen LogP contribution in [0.15, 0.2) is 42.5 Å². The van der Waals surface area contributed by atoms with Crippen LogP contribution < -0.4 is 15.8 Å². The summed E-state index contributed by atoms with van der Waals surface area (Å²) in [7, 11) is 0. The van der Waals surface area contributed by atoms with Crippen LogP contribution in [-0.4, -0.2) is 23.0 Å². The van der Waals surface area contributed by atoms with E-state index < -0.39 is 12.0 Å². The van der Waals surface area contributed by atoms with Crippen LogP contribution in [0.25, 0.3) is 0 Å². The number of rotatable bonds is 8. The van der Waals surface area contributed by atoms with Gasteiger partial charge in [0.1, 0.15) is 11.6 Å². The summed E-state index contributed by atoms with van der Waals surface area (Å²) in [6.45, 7) is 2.04. The van der Waals surface area contributed by atoms with Crippen molar-refractivity contribution >= 4 is 29.9 Å². The summed E-state index contributed by atoms with van der Waals surface area (Å²) in [5, 5.41) is 20.3. The maximum atomic E-state index is 12.0. The summed E-state index contributed by atoms with van der Waals surface area (Å²) < 4.78 is 6.12. The molecule has 0 saturated heterocycles. The number of carboxylic acids is 1. The van der Waals surface area contributed by atoms with Gasteiger partial charge < -0.3 is 20.9 Å². The van der Waals surface area contributed by atoms with E-state index in [4.69, 9.17) is 15.9 Å². The molecular formula is C22H28ClN3O3. The molecule has 2 aromatic rings. The van der Waals surface area contributed by atoms with Gasteiger partial charge in [0, 0.05) is 11.3 Å². The number of nitrogens with one attached hydrogen (secondary N) is 2. The van der Waals surface area contributed by atoms with E-state index >= 15 is 0 Å². The Morgan fingerprint density at radius 1 is 1.24 bits per heavy atom. The number of amidine groups is 1. The van der Waals surface area contributed by atoms with Crippen molar-refractivity contribution in [2.75, 3.05) is 5.32 Å². The van der Waals surface area contributed by atoms with E-state index in [1.165, 1.54) is 12.8 Å². The molecule has 3 rings (SSSR count). The molecule has 1 atom stereocenters. The summed E-state index contributed by atoms with van der Waals surface area (Å²) >= 11 is 0. The van der Waals surface area contributed by atoms with E-state index in [1.54, 1.807) is 24.3 Å². The number of aryl methyl sites for hydroxylation is 1. The molecule has 0 radical (unpaired) electrons. The lowest BCUT2D eigenvalue weighted by molar-refractivity contribution is -0.138. The molecule has 29 heavy (non-hydrogen) atoms. The summed E-state index contributed by atoms with van der Waals surface area (Å²) in [6.07, 6.45) is 5.48. The zero-order valence-electron chi connectivity index (χ0n) is 16.5. The number of nitrogens with two attached hydrogens (primary N) is 1. The van der Waals surface area contributed by atoms with Gasteiger partial charge in [0.15, 0.2) is 6.04 Å². The van der Waals surface area contributed by atoms with Crippen molar-refractivity contribution in [2.45, 2.75) is 51.2 Å². The van der Waals surface area contributed by atoms with Crippen molar-refractivity contribution < 1.29 is 14.6 Å².